The zero-order valence-corrected chi connectivity index (χ0v) is 18.6. The highest BCUT2D eigenvalue weighted by Crippen LogP contribution is 2.35. The number of anilines is 1. The van der Waals surface area contributed by atoms with E-state index in [2.05, 4.69) is 15.3 Å². The predicted molar refractivity (Wildman–Crippen MR) is 132 cm³/mol. The standard InChI is InChI=1S/C25H22N6OS/c26-23-20(25-30-21-7-1-2-8-22(21)33-25)14-19(15-29-23)17-5-3-6-18(13-17)24(32)28-9-4-11-31-12-10-27-16-31/h1-3,5-8,10,12-16H,4,9,11H2,(H2,26,29)(H,28,32). The number of aryl methyl sites for hydroxylation is 1. The summed E-state index contributed by atoms with van der Waals surface area (Å²) >= 11 is 1.59. The summed E-state index contributed by atoms with van der Waals surface area (Å²) < 4.78 is 3.09. The number of carbonyl (C=O) groups excluding carboxylic acids is 1. The van der Waals surface area contributed by atoms with E-state index in [0.717, 1.165) is 44.9 Å². The SMILES string of the molecule is Nc1ncc(-c2cccc(C(=O)NCCCn3ccnc3)c2)cc1-c1nc2ccccc2s1. The maximum absolute atomic E-state index is 12.7. The van der Waals surface area contributed by atoms with E-state index in [1.165, 1.54) is 0 Å². The summed E-state index contributed by atoms with van der Waals surface area (Å²) in [6.07, 6.45) is 7.99. The third kappa shape index (κ3) is 4.61. The third-order valence-corrected chi connectivity index (χ3v) is 6.41. The van der Waals surface area contributed by atoms with E-state index < -0.39 is 0 Å². The quantitative estimate of drug-likeness (QED) is 0.350. The summed E-state index contributed by atoms with van der Waals surface area (Å²) in [6.45, 7) is 1.40. The Morgan fingerprint density at radius 2 is 2.00 bits per heavy atom. The number of aromatic nitrogens is 4. The first-order valence-electron chi connectivity index (χ1n) is 10.6. The van der Waals surface area contributed by atoms with Crippen molar-refractivity contribution in [3.63, 3.8) is 0 Å². The average Bonchev–Trinajstić information content (AvgIpc) is 3.52. The minimum atomic E-state index is -0.0997. The molecule has 0 atom stereocenters. The third-order valence-electron chi connectivity index (χ3n) is 5.34. The number of hydrogen-bond donors (Lipinski definition) is 2. The van der Waals surface area contributed by atoms with E-state index in [1.54, 1.807) is 30.1 Å². The maximum atomic E-state index is 12.7. The Labute approximate surface area is 195 Å². The normalized spacial score (nSPS) is 11.0. The molecule has 0 fully saturated rings. The number of nitrogens with zero attached hydrogens (tertiary/aromatic N) is 4. The number of para-hydroxylation sites is 1. The van der Waals surface area contributed by atoms with Crippen molar-refractivity contribution in [2.24, 2.45) is 0 Å². The number of nitrogen functional groups attached to an aromatic ring is 1. The summed E-state index contributed by atoms with van der Waals surface area (Å²) in [5.41, 5.74) is 10.3. The van der Waals surface area contributed by atoms with Gasteiger partial charge in [-0.05, 0) is 42.3 Å². The second-order valence-corrected chi connectivity index (χ2v) is 8.66. The minimum Gasteiger partial charge on any atom is -0.383 e. The van der Waals surface area contributed by atoms with Crippen molar-refractivity contribution in [2.45, 2.75) is 13.0 Å². The molecule has 0 aliphatic heterocycles. The molecule has 8 heteroatoms. The smallest absolute Gasteiger partial charge is 0.251 e. The summed E-state index contributed by atoms with van der Waals surface area (Å²) in [7, 11) is 0. The molecule has 0 unspecified atom stereocenters. The first kappa shape index (κ1) is 20.8. The van der Waals surface area contributed by atoms with Crippen LogP contribution in [-0.4, -0.2) is 32.0 Å². The van der Waals surface area contributed by atoms with Crippen molar-refractivity contribution >= 4 is 33.3 Å². The van der Waals surface area contributed by atoms with Crippen LogP contribution in [-0.2, 0) is 6.54 Å². The van der Waals surface area contributed by atoms with E-state index in [1.807, 2.05) is 65.4 Å². The van der Waals surface area contributed by atoms with Crippen molar-refractivity contribution < 1.29 is 4.79 Å². The molecule has 164 valence electrons. The van der Waals surface area contributed by atoms with Crippen molar-refractivity contribution in [2.75, 3.05) is 12.3 Å². The fourth-order valence-corrected chi connectivity index (χ4v) is 4.61. The average molecular weight is 455 g/mol. The lowest BCUT2D eigenvalue weighted by atomic mass is 10.0. The molecule has 2 aromatic carbocycles. The van der Waals surface area contributed by atoms with Crippen molar-refractivity contribution in [1.82, 2.24) is 24.8 Å². The lowest BCUT2D eigenvalue weighted by Gasteiger charge is -2.09. The number of nitrogens with two attached hydrogens (primary N) is 1. The number of imidazole rings is 1. The number of carbonyl (C=O) groups is 1. The Kier molecular flexibility index (Phi) is 5.82. The number of amides is 1. The number of nitrogens with one attached hydrogen (secondary N) is 1. The van der Waals surface area contributed by atoms with Crippen LogP contribution in [0, 0.1) is 0 Å². The summed E-state index contributed by atoms with van der Waals surface area (Å²) in [5, 5.41) is 3.81. The van der Waals surface area contributed by atoms with Gasteiger partial charge in [-0.2, -0.15) is 0 Å². The van der Waals surface area contributed by atoms with Crippen LogP contribution in [0.4, 0.5) is 5.82 Å². The lowest BCUT2D eigenvalue weighted by Crippen LogP contribution is -2.25. The zero-order chi connectivity index (χ0) is 22.6. The van der Waals surface area contributed by atoms with Crippen LogP contribution >= 0.6 is 11.3 Å². The molecule has 0 saturated carbocycles. The van der Waals surface area contributed by atoms with Gasteiger partial charge in [0.15, 0.2) is 0 Å². The second-order valence-electron chi connectivity index (χ2n) is 7.63. The van der Waals surface area contributed by atoms with Gasteiger partial charge in [0.05, 0.1) is 22.1 Å². The van der Waals surface area contributed by atoms with Crippen LogP contribution in [0.15, 0.2) is 79.5 Å². The Morgan fingerprint density at radius 3 is 2.85 bits per heavy atom. The molecule has 7 nitrogen and oxygen atoms in total. The number of rotatable bonds is 7. The summed E-state index contributed by atoms with van der Waals surface area (Å²) in [5.74, 6) is 0.335. The lowest BCUT2D eigenvalue weighted by molar-refractivity contribution is 0.0952. The van der Waals surface area contributed by atoms with Crippen LogP contribution < -0.4 is 11.1 Å². The van der Waals surface area contributed by atoms with E-state index >= 15 is 0 Å². The highest BCUT2D eigenvalue weighted by atomic mass is 32.1. The van der Waals surface area contributed by atoms with Crippen LogP contribution in [0.2, 0.25) is 0 Å². The molecule has 3 aromatic heterocycles. The molecular formula is C25H22N6OS. The second kappa shape index (κ2) is 9.22. The molecule has 0 aliphatic rings. The minimum absolute atomic E-state index is 0.0997. The monoisotopic (exact) mass is 454 g/mol. The molecule has 0 spiro atoms. The van der Waals surface area contributed by atoms with Gasteiger partial charge in [-0.3, -0.25) is 4.79 Å². The molecule has 0 saturated heterocycles. The Hall–Kier alpha value is -4.04. The highest BCUT2D eigenvalue weighted by Gasteiger charge is 2.13. The number of thiazole rings is 1. The van der Waals surface area contributed by atoms with Gasteiger partial charge in [-0.1, -0.05) is 24.3 Å². The largest absolute Gasteiger partial charge is 0.383 e. The van der Waals surface area contributed by atoms with Gasteiger partial charge in [0.2, 0.25) is 0 Å². The fourth-order valence-electron chi connectivity index (χ4n) is 3.62. The van der Waals surface area contributed by atoms with Crippen molar-refractivity contribution in [1.29, 1.82) is 0 Å². The molecule has 3 N–H and O–H groups in total. The number of hydrogen-bond acceptors (Lipinski definition) is 6. The molecule has 5 rings (SSSR count). The zero-order valence-electron chi connectivity index (χ0n) is 17.8. The molecule has 0 aliphatic carbocycles. The first-order valence-corrected chi connectivity index (χ1v) is 11.4. The van der Waals surface area contributed by atoms with Crippen molar-refractivity contribution in [3.05, 3.63) is 85.1 Å². The van der Waals surface area contributed by atoms with Gasteiger partial charge in [0, 0.05) is 42.8 Å². The predicted octanol–water partition coefficient (Wildman–Crippen LogP) is 4.62. The molecule has 3 heterocycles. The fraction of sp³-hybridized carbons (Fsp3) is 0.120. The molecule has 5 aromatic rings. The number of pyridine rings is 1. The van der Waals surface area contributed by atoms with Crippen LogP contribution in [0.5, 0.6) is 0 Å². The topological polar surface area (TPSA) is 98.7 Å². The van der Waals surface area contributed by atoms with Crippen LogP contribution in [0.25, 0.3) is 31.9 Å². The van der Waals surface area contributed by atoms with E-state index in [-0.39, 0.29) is 5.91 Å². The number of fused-ring (bicyclic) bond motifs is 1. The Morgan fingerprint density at radius 1 is 1.09 bits per heavy atom. The van der Waals surface area contributed by atoms with E-state index in [0.29, 0.717) is 17.9 Å². The van der Waals surface area contributed by atoms with Gasteiger partial charge in [-0.15, -0.1) is 11.3 Å². The Bertz CT molecular complexity index is 1380. The van der Waals surface area contributed by atoms with Crippen molar-refractivity contribution in [3.8, 4) is 21.7 Å². The van der Waals surface area contributed by atoms with Crippen LogP contribution in [0.3, 0.4) is 0 Å². The maximum Gasteiger partial charge on any atom is 0.251 e. The van der Waals surface area contributed by atoms with Gasteiger partial charge < -0.3 is 15.6 Å². The van der Waals surface area contributed by atoms with E-state index in [4.69, 9.17) is 10.7 Å². The molecule has 1 amide bonds. The highest BCUT2D eigenvalue weighted by molar-refractivity contribution is 7.21. The number of benzene rings is 2. The molecule has 33 heavy (non-hydrogen) atoms. The van der Waals surface area contributed by atoms with Gasteiger partial charge >= 0.3 is 0 Å². The first-order chi connectivity index (χ1) is 16.2. The van der Waals surface area contributed by atoms with Crippen LogP contribution in [0.1, 0.15) is 16.8 Å². The van der Waals surface area contributed by atoms with E-state index in [9.17, 15) is 4.79 Å². The molecular weight excluding hydrogens is 432 g/mol. The molecule has 0 bridgehead atoms. The summed E-state index contributed by atoms with van der Waals surface area (Å²) in [4.78, 5) is 25.8. The van der Waals surface area contributed by atoms with Gasteiger partial charge in [0.1, 0.15) is 10.8 Å². The van der Waals surface area contributed by atoms with Gasteiger partial charge in [-0.25, -0.2) is 15.0 Å². The Balaban J connectivity index is 1.33. The van der Waals surface area contributed by atoms with Gasteiger partial charge in [0.25, 0.3) is 5.91 Å². The molecule has 0 radical (unpaired) electrons. The summed E-state index contributed by atoms with van der Waals surface area (Å²) in [6, 6.07) is 17.5.